The van der Waals surface area contributed by atoms with E-state index in [0.29, 0.717) is 11.4 Å². The maximum Gasteiger partial charge on any atom is 0.323 e. The van der Waals surface area contributed by atoms with Gasteiger partial charge in [-0.1, -0.05) is 54.9 Å². The van der Waals surface area contributed by atoms with Crippen molar-refractivity contribution in [1.29, 1.82) is 0 Å². The molecular formula is C21H23ClN2O5. The quantitative estimate of drug-likeness (QED) is 0.498. The van der Waals surface area contributed by atoms with Gasteiger partial charge in [0.05, 0.1) is 5.92 Å². The van der Waals surface area contributed by atoms with E-state index in [9.17, 15) is 19.5 Å². The highest BCUT2D eigenvalue weighted by atomic mass is 35.5. The lowest BCUT2D eigenvalue weighted by Crippen LogP contribution is -2.45. The lowest BCUT2D eigenvalue weighted by molar-refractivity contribution is -0.141. The molecule has 2 aromatic rings. The van der Waals surface area contributed by atoms with Crippen LogP contribution in [0, 0.1) is 5.92 Å². The van der Waals surface area contributed by atoms with Gasteiger partial charge in [0.2, 0.25) is 0 Å². The number of amides is 2. The van der Waals surface area contributed by atoms with E-state index in [1.54, 1.807) is 13.0 Å². The molecule has 0 unspecified atom stereocenters. The van der Waals surface area contributed by atoms with E-state index in [0.717, 1.165) is 16.7 Å². The van der Waals surface area contributed by atoms with Crippen molar-refractivity contribution in [1.82, 2.24) is 10.6 Å². The Morgan fingerprint density at radius 3 is 2.31 bits per heavy atom. The van der Waals surface area contributed by atoms with Crippen molar-refractivity contribution in [3.05, 3.63) is 59.1 Å². The van der Waals surface area contributed by atoms with Gasteiger partial charge in [0.1, 0.15) is 6.54 Å². The number of urea groups is 1. The van der Waals surface area contributed by atoms with Crippen molar-refractivity contribution in [2.75, 3.05) is 6.54 Å². The molecule has 0 saturated carbocycles. The molecule has 0 radical (unpaired) electrons. The van der Waals surface area contributed by atoms with Crippen LogP contribution in [0.5, 0.6) is 0 Å². The van der Waals surface area contributed by atoms with Crippen LogP contribution in [0.25, 0.3) is 11.1 Å². The minimum absolute atomic E-state index is 0.214. The lowest BCUT2D eigenvalue weighted by Gasteiger charge is -2.21. The van der Waals surface area contributed by atoms with E-state index < -0.39 is 36.5 Å². The van der Waals surface area contributed by atoms with Crippen LogP contribution in [0.4, 0.5) is 4.79 Å². The Balaban J connectivity index is 2.09. The average molecular weight is 419 g/mol. The predicted molar refractivity (Wildman–Crippen MR) is 110 cm³/mol. The second-order valence-corrected chi connectivity index (χ2v) is 7.24. The van der Waals surface area contributed by atoms with Crippen LogP contribution < -0.4 is 10.6 Å². The van der Waals surface area contributed by atoms with E-state index in [1.807, 2.05) is 42.5 Å². The molecule has 2 amide bonds. The Morgan fingerprint density at radius 1 is 1.03 bits per heavy atom. The first kappa shape index (κ1) is 22.2. The van der Waals surface area contributed by atoms with Crippen molar-refractivity contribution in [2.24, 2.45) is 5.92 Å². The van der Waals surface area contributed by atoms with Crippen LogP contribution in [0.3, 0.4) is 0 Å². The summed E-state index contributed by atoms with van der Waals surface area (Å²) >= 11 is 6.03. The average Bonchev–Trinajstić information content (AvgIpc) is 2.66. The van der Waals surface area contributed by atoms with Crippen molar-refractivity contribution < 1.29 is 24.6 Å². The van der Waals surface area contributed by atoms with Crippen molar-refractivity contribution in [3.8, 4) is 11.1 Å². The summed E-state index contributed by atoms with van der Waals surface area (Å²) in [6, 6.07) is 14.1. The van der Waals surface area contributed by atoms with E-state index in [4.69, 9.17) is 16.7 Å². The second kappa shape index (κ2) is 10.5. The van der Waals surface area contributed by atoms with Gasteiger partial charge in [-0.15, -0.1) is 0 Å². The predicted octanol–water partition coefficient (Wildman–Crippen LogP) is 3.41. The van der Waals surface area contributed by atoms with Gasteiger partial charge in [0.15, 0.2) is 0 Å². The summed E-state index contributed by atoms with van der Waals surface area (Å²) < 4.78 is 0. The van der Waals surface area contributed by atoms with Crippen LogP contribution >= 0.6 is 11.6 Å². The van der Waals surface area contributed by atoms with Gasteiger partial charge < -0.3 is 20.8 Å². The lowest BCUT2D eigenvalue weighted by atomic mass is 9.95. The summed E-state index contributed by atoms with van der Waals surface area (Å²) in [4.78, 5) is 33.7. The molecule has 0 bridgehead atoms. The van der Waals surface area contributed by atoms with E-state index in [2.05, 4.69) is 10.6 Å². The summed E-state index contributed by atoms with van der Waals surface area (Å²) in [7, 11) is 0. The van der Waals surface area contributed by atoms with Crippen molar-refractivity contribution >= 4 is 29.6 Å². The summed E-state index contributed by atoms with van der Waals surface area (Å²) in [6.45, 7) is 1.05. The molecule has 4 N–H and O–H groups in total. The molecule has 0 aromatic heterocycles. The fraction of sp³-hybridized carbons (Fsp3) is 0.286. The zero-order valence-electron chi connectivity index (χ0n) is 15.9. The van der Waals surface area contributed by atoms with E-state index >= 15 is 0 Å². The molecule has 8 heteroatoms. The molecule has 154 valence electrons. The monoisotopic (exact) mass is 418 g/mol. The number of carboxylic acid groups (broad SMARTS) is 2. The van der Waals surface area contributed by atoms with Crippen molar-refractivity contribution in [2.45, 2.75) is 25.8 Å². The van der Waals surface area contributed by atoms with Crippen LogP contribution in [0.2, 0.25) is 5.02 Å². The number of carboxylic acids is 2. The molecule has 2 atom stereocenters. The van der Waals surface area contributed by atoms with Gasteiger partial charge in [0.25, 0.3) is 0 Å². The first-order valence-electron chi connectivity index (χ1n) is 9.08. The molecule has 0 heterocycles. The minimum Gasteiger partial charge on any atom is -0.481 e. The molecule has 2 aromatic carbocycles. The highest BCUT2D eigenvalue weighted by Gasteiger charge is 2.20. The third-order valence-corrected chi connectivity index (χ3v) is 4.62. The maximum atomic E-state index is 11.9. The molecule has 0 saturated heterocycles. The number of aliphatic carboxylic acids is 2. The SMILES string of the molecule is C[C@@H](C[C@@H](Cc1ccc(-c2cccc(Cl)c2)cc1)NC(=O)NCC(=O)O)C(=O)O. The van der Waals surface area contributed by atoms with Gasteiger partial charge in [-0.05, 0) is 41.7 Å². The summed E-state index contributed by atoms with van der Waals surface area (Å²) in [6.07, 6.45) is 0.625. The molecule has 0 aliphatic heterocycles. The number of hydrogen-bond donors (Lipinski definition) is 4. The number of nitrogens with one attached hydrogen (secondary N) is 2. The largest absolute Gasteiger partial charge is 0.481 e. The number of hydrogen-bond acceptors (Lipinski definition) is 3. The summed E-state index contributed by atoms with van der Waals surface area (Å²) in [5, 5.41) is 23.4. The first-order valence-corrected chi connectivity index (χ1v) is 9.46. The van der Waals surface area contributed by atoms with Crippen LogP contribution in [0.15, 0.2) is 48.5 Å². The normalized spacial score (nSPS) is 12.6. The minimum atomic E-state index is -1.16. The number of rotatable bonds is 9. The van der Waals surface area contributed by atoms with Gasteiger partial charge in [0, 0.05) is 11.1 Å². The molecule has 2 rings (SSSR count). The Hall–Kier alpha value is -3.06. The van der Waals surface area contributed by atoms with Crippen LogP contribution in [-0.4, -0.2) is 40.8 Å². The molecule has 29 heavy (non-hydrogen) atoms. The number of halogens is 1. The Morgan fingerprint density at radius 2 is 1.72 bits per heavy atom. The van der Waals surface area contributed by atoms with Gasteiger partial charge in [-0.3, -0.25) is 9.59 Å². The van der Waals surface area contributed by atoms with Gasteiger partial charge >= 0.3 is 18.0 Å². The second-order valence-electron chi connectivity index (χ2n) is 6.80. The van der Waals surface area contributed by atoms with Crippen LogP contribution in [0.1, 0.15) is 18.9 Å². The molecule has 7 nitrogen and oxygen atoms in total. The van der Waals surface area contributed by atoms with E-state index in [-0.39, 0.29) is 6.42 Å². The standard InChI is InChI=1S/C21H23ClN2O5/c1-13(20(27)28)9-18(24-21(29)23-12-19(25)26)10-14-5-7-15(8-6-14)16-3-2-4-17(22)11-16/h2-8,11,13,18H,9-10,12H2,1H3,(H,25,26)(H,27,28)(H2,23,24,29)/t13-,18-/m0/s1. The fourth-order valence-corrected chi connectivity index (χ4v) is 3.09. The zero-order chi connectivity index (χ0) is 21.4. The number of carbonyl (C=O) groups excluding carboxylic acids is 1. The Labute approximate surface area is 173 Å². The van der Waals surface area contributed by atoms with E-state index in [1.165, 1.54) is 0 Å². The van der Waals surface area contributed by atoms with Crippen molar-refractivity contribution in [3.63, 3.8) is 0 Å². The first-order chi connectivity index (χ1) is 13.7. The zero-order valence-corrected chi connectivity index (χ0v) is 16.6. The maximum absolute atomic E-state index is 11.9. The number of carbonyl (C=O) groups is 3. The fourth-order valence-electron chi connectivity index (χ4n) is 2.90. The van der Waals surface area contributed by atoms with Crippen LogP contribution in [-0.2, 0) is 16.0 Å². The highest BCUT2D eigenvalue weighted by molar-refractivity contribution is 6.30. The molecular weight excluding hydrogens is 396 g/mol. The summed E-state index contributed by atoms with van der Waals surface area (Å²) in [5.74, 6) is -2.78. The van der Waals surface area contributed by atoms with Gasteiger partial charge in [-0.2, -0.15) is 0 Å². The third kappa shape index (κ3) is 7.46. The third-order valence-electron chi connectivity index (χ3n) is 4.39. The Bertz CT molecular complexity index is 870. The highest BCUT2D eigenvalue weighted by Crippen LogP contribution is 2.23. The van der Waals surface area contributed by atoms with Gasteiger partial charge in [-0.25, -0.2) is 4.79 Å². The number of benzene rings is 2. The molecule has 0 aliphatic carbocycles. The molecule has 0 spiro atoms. The molecule has 0 aliphatic rings. The Kier molecular flexibility index (Phi) is 8.03. The molecule has 0 fully saturated rings. The topological polar surface area (TPSA) is 116 Å². The summed E-state index contributed by atoms with van der Waals surface area (Å²) in [5.41, 5.74) is 2.88. The smallest absolute Gasteiger partial charge is 0.323 e.